The molecule has 6 heteroatoms. The molecular formula is C25H42N2O4. The molecule has 2 unspecified atom stereocenters. The second-order valence-electron chi connectivity index (χ2n) is 8.53. The number of benzene rings is 1. The van der Waals surface area contributed by atoms with Crippen LogP contribution in [0.3, 0.4) is 0 Å². The monoisotopic (exact) mass is 434 g/mol. The smallest absolute Gasteiger partial charge is 0.282 e. The maximum Gasteiger partial charge on any atom is 0.282 e. The summed E-state index contributed by atoms with van der Waals surface area (Å²) >= 11 is 0. The number of nitrogens with zero attached hydrogens (tertiary/aromatic N) is 1. The van der Waals surface area contributed by atoms with Crippen molar-refractivity contribution in [1.82, 2.24) is 5.32 Å². The van der Waals surface area contributed by atoms with E-state index in [-0.39, 0.29) is 17.3 Å². The van der Waals surface area contributed by atoms with Gasteiger partial charge in [0.1, 0.15) is 5.56 Å². The molecule has 1 aromatic carbocycles. The fraction of sp³-hybridized carbons (Fsp3) is 0.720. The summed E-state index contributed by atoms with van der Waals surface area (Å²) in [5.41, 5.74) is -0.157. The molecule has 0 saturated carbocycles. The van der Waals surface area contributed by atoms with Gasteiger partial charge in [0.15, 0.2) is 0 Å². The lowest BCUT2D eigenvalue weighted by Crippen LogP contribution is -2.43. The van der Waals surface area contributed by atoms with Crippen LogP contribution in [0, 0.1) is 10.1 Å². The molecule has 0 aromatic heterocycles. The van der Waals surface area contributed by atoms with Crippen molar-refractivity contribution in [3.63, 3.8) is 0 Å². The number of nitro benzene ring substituents is 1. The van der Waals surface area contributed by atoms with Crippen molar-refractivity contribution in [1.29, 1.82) is 0 Å². The molecule has 0 saturated heterocycles. The Morgan fingerprint density at radius 3 is 2.00 bits per heavy atom. The van der Waals surface area contributed by atoms with Gasteiger partial charge in [0.2, 0.25) is 0 Å². The molecule has 1 aromatic rings. The number of aliphatic hydroxyl groups excluding tert-OH is 1. The fourth-order valence-corrected chi connectivity index (χ4v) is 3.91. The number of rotatable bonds is 18. The van der Waals surface area contributed by atoms with Crippen molar-refractivity contribution < 1.29 is 14.8 Å². The molecule has 2 atom stereocenters. The van der Waals surface area contributed by atoms with Crippen LogP contribution in [0.4, 0.5) is 5.69 Å². The summed E-state index contributed by atoms with van der Waals surface area (Å²) < 4.78 is 0. The van der Waals surface area contributed by atoms with E-state index in [9.17, 15) is 20.0 Å². The number of hydrogen-bond donors (Lipinski definition) is 2. The number of hydrogen-bond acceptors (Lipinski definition) is 4. The van der Waals surface area contributed by atoms with Crippen molar-refractivity contribution >= 4 is 11.6 Å². The Labute approximate surface area is 188 Å². The quantitative estimate of drug-likeness (QED) is 0.155. The first-order chi connectivity index (χ1) is 15.0. The molecule has 31 heavy (non-hydrogen) atoms. The average Bonchev–Trinajstić information content (AvgIpc) is 2.77. The number of para-hydroxylation sites is 1. The molecule has 0 fully saturated rings. The van der Waals surface area contributed by atoms with E-state index in [0.717, 1.165) is 32.1 Å². The lowest BCUT2D eigenvalue weighted by Gasteiger charge is -2.24. The van der Waals surface area contributed by atoms with Crippen LogP contribution >= 0.6 is 0 Å². The lowest BCUT2D eigenvalue weighted by molar-refractivity contribution is -0.385. The van der Waals surface area contributed by atoms with Crippen LogP contribution in [-0.4, -0.2) is 28.1 Å². The van der Waals surface area contributed by atoms with Crippen molar-refractivity contribution in [2.24, 2.45) is 0 Å². The number of amides is 1. The molecule has 0 aliphatic carbocycles. The van der Waals surface area contributed by atoms with E-state index < -0.39 is 16.9 Å². The Balaban J connectivity index is 2.66. The van der Waals surface area contributed by atoms with Gasteiger partial charge in [0.25, 0.3) is 11.6 Å². The molecule has 0 bridgehead atoms. The Morgan fingerprint density at radius 2 is 1.42 bits per heavy atom. The van der Waals surface area contributed by atoms with E-state index in [1.54, 1.807) is 12.1 Å². The van der Waals surface area contributed by atoms with E-state index in [2.05, 4.69) is 19.2 Å². The number of nitrogens with one attached hydrogen (secondary N) is 1. The normalized spacial score (nSPS) is 13.0. The highest BCUT2D eigenvalue weighted by atomic mass is 16.6. The van der Waals surface area contributed by atoms with Crippen LogP contribution in [0.1, 0.15) is 114 Å². The molecule has 0 heterocycles. The average molecular weight is 435 g/mol. The predicted octanol–water partition coefficient (Wildman–Crippen LogP) is 6.56. The summed E-state index contributed by atoms with van der Waals surface area (Å²) in [4.78, 5) is 23.5. The summed E-state index contributed by atoms with van der Waals surface area (Å²) in [6, 6.07) is 5.60. The third-order valence-corrected chi connectivity index (χ3v) is 5.85. The summed E-state index contributed by atoms with van der Waals surface area (Å²) in [7, 11) is 0. The highest BCUT2D eigenvalue weighted by Gasteiger charge is 2.25. The highest BCUT2D eigenvalue weighted by molar-refractivity contribution is 5.98. The second-order valence-corrected chi connectivity index (χ2v) is 8.53. The van der Waals surface area contributed by atoms with E-state index in [0.29, 0.717) is 12.8 Å². The Bertz CT molecular complexity index is 636. The molecule has 1 rings (SSSR count). The van der Waals surface area contributed by atoms with Crippen molar-refractivity contribution in [3.8, 4) is 0 Å². The van der Waals surface area contributed by atoms with Crippen LogP contribution in [0.2, 0.25) is 0 Å². The molecular weight excluding hydrogens is 392 g/mol. The third kappa shape index (κ3) is 11.3. The number of carbonyl (C=O) groups is 1. The Kier molecular flexibility index (Phi) is 14.6. The Hall–Kier alpha value is -1.95. The van der Waals surface area contributed by atoms with Crippen molar-refractivity contribution in [2.75, 3.05) is 0 Å². The summed E-state index contributed by atoms with van der Waals surface area (Å²) in [5.74, 6) is -0.481. The second kappa shape index (κ2) is 16.7. The van der Waals surface area contributed by atoms with E-state index in [4.69, 9.17) is 0 Å². The summed E-state index contributed by atoms with van der Waals surface area (Å²) in [6.07, 6.45) is 14.4. The van der Waals surface area contributed by atoms with Gasteiger partial charge in [-0.1, -0.05) is 103 Å². The van der Waals surface area contributed by atoms with E-state index in [1.165, 1.54) is 57.1 Å². The van der Waals surface area contributed by atoms with Gasteiger partial charge in [-0.25, -0.2) is 0 Å². The molecule has 2 N–H and O–H groups in total. The van der Waals surface area contributed by atoms with E-state index in [1.807, 2.05) is 0 Å². The van der Waals surface area contributed by atoms with Crippen LogP contribution in [0.25, 0.3) is 0 Å². The van der Waals surface area contributed by atoms with Crippen LogP contribution in [-0.2, 0) is 0 Å². The van der Waals surface area contributed by atoms with Crippen LogP contribution in [0.5, 0.6) is 0 Å². The number of unbranched alkanes of at least 4 members (excludes halogenated alkanes) is 10. The van der Waals surface area contributed by atoms with E-state index >= 15 is 0 Å². The zero-order chi connectivity index (χ0) is 22.9. The van der Waals surface area contributed by atoms with Gasteiger partial charge in [0.05, 0.1) is 17.1 Å². The SMILES string of the molecule is CCCCCCCCC(O)C(CCCCCCCC)NC(=O)c1ccccc1[N+](=O)[O-]. The van der Waals surface area contributed by atoms with Gasteiger partial charge in [-0.05, 0) is 18.9 Å². The van der Waals surface area contributed by atoms with Crippen LogP contribution < -0.4 is 5.32 Å². The van der Waals surface area contributed by atoms with Gasteiger partial charge in [0, 0.05) is 6.07 Å². The molecule has 176 valence electrons. The summed E-state index contributed by atoms with van der Waals surface area (Å²) in [5, 5.41) is 24.9. The topological polar surface area (TPSA) is 92.5 Å². The molecule has 1 amide bonds. The first kappa shape index (κ1) is 27.1. The van der Waals surface area contributed by atoms with Crippen molar-refractivity contribution in [2.45, 2.75) is 116 Å². The van der Waals surface area contributed by atoms with Gasteiger partial charge < -0.3 is 10.4 Å². The van der Waals surface area contributed by atoms with Crippen molar-refractivity contribution in [3.05, 3.63) is 39.9 Å². The molecule has 0 aliphatic heterocycles. The van der Waals surface area contributed by atoms with Gasteiger partial charge in [-0.3, -0.25) is 14.9 Å². The van der Waals surface area contributed by atoms with Gasteiger partial charge in [-0.15, -0.1) is 0 Å². The summed E-state index contributed by atoms with van der Waals surface area (Å²) in [6.45, 7) is 4.38. The van der Waals surface area contributed by atoms with Gasteiger partial charge in [-0.2, -0.15) is 0 Å². The molecule has 0 radical (unpaired) electrons. The lowest BCUT2D eigenvalue weighted by atomic mass is 9.97. The Morgan fingerprint density at radius 1 is 0.903 bits per heavy atom. The zero-order valence-corrected chi connectivity index (χ0v) is 19.5. The molecule has 0 aliphatic rings. The minimum absolute atomic E-state index is 0.0483. The van der Waals surface area contributed by atoms with Crippen LogP contribution in [0.15, 0.2) is 24.3 Å². The highest BCUT2D eigenvalue weighted by Crippen LogP contribution is 2.20. The number of carbonyl (C=O) groups excluding carboxylic acids is 1. The largest absolute Gasteiger partial charge is 0.391 e. The minimum atomic E-state index is -0.631. The zero-order valence-electron chi connectivity index (χ0n) is 19.5. The third-order valence-electron chi connectivity index (χ3n) is 5.85. The molecule has 6 nitrogen and oxygen atoms in total. The number of aliphatic hydroxyl groups is 1. The van der Waals surface area contributed by atoms with Gasteiger partial charge >= 0.3 is 0 Å². The molecule has 0 spiro atoms. The number of nitro groups is 1. The first-order valence-corrected chi connectivity index (χ1v) is 12.2. The predicted molar refractivity (Wildman–Crippen MR) is 126 cm³/mol. The minimum Gasteiger partial charge on any atom is -0.391 e. The maximum absolute atomic E-state index is 12.8. The fourth-order valence-electron chi connectivity index (χ4n) is 3.91. The first-order valence-electron chi connectivity index (χ1n) is 12.2. The standard InChI is InChI=1S/C25H42N2O4/c1-3-5-7-9-11-13-18-22(24(28)20-14-12-10-8-6-4-2)26-25(29)21-17-15-16-19-23(21)27(30)31/h15-17,19,22,24,28H,3-14,18,20H2,1-2H3,(H,26,29). The maximum atomic E-state index is 12.8.